The second kappa shape index (κ2) is 4.75. The molecule has 0 aliphatic carbocycles. The van der Waals surface area contributed by atoms with Crippen molar-refractivity contribution in [2.45, 2.75) is 38.3 Å². The minimum atomic E-state index is -0.620. The van der Waals surface area contributed by atoms with E-state index in [1.165, 1.54) is 7.11 Å². The maximum absolute atomic E-state index is 11.7. The Hall–Kier alpha value is -0.610. The first-order valence-electron chi connectivity index (χ1n) is 5.12. The number of nitrogens with one attached hydrogen (secondary N) is 1. The van der Waals surface area contributed by atoms with E-state index in [2.05, 4.69) is 12.2 Å². The van der Waals surface area contributed by atoms with Crippen LogP contribution in [0.25, 0.3) is 0 Å². The highest BCUT2D eigenvalue weighted by molar-refractivity contribution is 5.82. The molecule has 0 saturated carbocycles. The minimum absolute atomic E-state index is 0.110. The summed E-state index contributed by atoms with van der Waals surface area (Å²) in [4.78, 5) is 11.7. The van der Waals surface area contributed by atoms with Crippen molar-refractivity contribution in [3.63, 3.8) is 0 Å². The molecule has 2 unspecified atom stereocenters. The van der Waals surface area contributed by atoms with Crippen LogP contribution < -0.4 is 5.32 Å². The van der Waals surface area contributed by atoms with Crippen LogP contribution in [-0.2, 0) is 14.3 Å². The highest BCUT2D eigenvalue weighted by Crippen LogP contribution is 2.27. The van der Waals surface area contributed by atoms with Gasteiger partial charge < -0.3 is 9.47 Å². The fourth-order valence-electron chi connectivity index (χ4n) is 1.84. The number of methoxy groups -OCH3 is 1. The number of hydrogen-bond acceptors (Lipinski definition) is 4. The molecule has 0 aromatic heterocycles. The van der Waals surface area contributed by atoms with E-state index in [9.17, 15) is 4.79 Å². The molecule has 1 rings (SSSR count). The Kier molecular flexibility index (Phi) is 3.89. The monoisotopic (exact) mass is 201 g/mol. The van der Waals surface area contributed by atoms with Crippen LogP contribution in [-0.4, -0.2) is 37.9 Å². The third kappa shape index (κ3) is 1.91. The van der Waals surface area contributed by atoms with Gasteiger partial charge in [0.15, 0.2) is 0 Å². The summed E-state index contributed by atoms with van der Waals surface area (Å²) in [6, 6.07) is 0. The molecule has 0 radical (unpaired) electrons. The van der Waals surface area contributed by atoms with Crippen molar-refractivity contribution in [1.29, 1.82) is 0 Å². The van der Waals surface area contributed by atoms with Crippen LogP contribution >= 0.6 is 0 Å². The Bertz CT molecular complexity index is 208. The Balaban J connectivity index is 2.73. The van der Waals surface area contributed by atoms with Crippen molar-refractivity contribution in [3.05, 3.63) is 0 Å². The van der Waals surface area contributed by atoms with Gasteiger partial charge in [-0.1, -0.05) is 6.92 Å². The van der Waals surface area contributed by atoms with E-state index >= 15 is 0 Å². The number of esters is 1. The number of ether oxygens (including phenoxy) is 2. The lowest BCUT2D eigenvalue weighted by atomic mass is 9.92. The van der Waals surface area contributed by atoms with Crippen LogP contribution in [0.3, 0.4) is 0 Å². The van der Waals surface area contributed by atoms with Crippen LogP contribution in [0.15, 0.2) is 0 Å². The van der Waals surface area contributed by atoms with Gasteiger partial charge in [-0.05, 0) is 19.9 Å². The molecule has 1 aliphatic heterocycles. The molecule has 0 aromatic rings. The molecular formula is C10H19NO3. The summed E-state index contributed by atoms with van der Waals surface area (Å²) in [7, 11) is 1.42. The fraction of sp³-hybridized carbons (Fsp3) is 0.900. The smallest absolute Gasteiger partial charge is 0.328 e. The van der Waals surface area contributed by atoms with Gasteiger partial charge in [-0.15, -0.1) is 0 Å². The van der Waals surface area contributed by atoms with E-state index in [0.717, 1.165) is 13.0 Å². The third-order valence-corrected chi connectivity index (χ3v) is 2.80. The van der Waals surface area contributed by atoms with Crippen molar-refractivity contribution in [2.24, 2.45) is 0 Å². The first-order chi connectivity index (χ1) is 6.67. The van der Waals surface area contributed by atoms with Gasteiger partial charge in [0.2, 0.25) is 0 Å². The Morgan fingerprint density at radius 1 is 1.71 bits per heavy atom. The van der Waals surface area contributed by atoms with Crippen molar-refractivity contribution < 1.29 is 14.3 Å². The van der Waals surface area contributed by atoms with E-state index in [1.807, 2.05) is 6.92 Å². The summed E-state index contributed by atoms with van der Waals surface area (Å²) in [5.74, 6) is -0.212. The van der Waals surface area contributed by atoms with Crippen LogP contribution in [0.5, 0.6) is 0 Å². The van der Waals surface area contributed by atoms with E-state index < -0.39 is 5.54 Å². The van der Waals surface area contributed by atoms with Gasteiger partial charge >= 0.3 is 5.97 Å². The molecular weight excluding hydrogens is 182 g/mol. The lowest BCUT2D eigenvalue weighted by Gasteiger charge is -2.30. The second-order valence-corrected chi connectivity index (χ2v) is 3.65. The van der Waals surface area contributed by atoms with E-state index in [1.54, 1.807) is 0 Å². The summed E-state index contributed by atoms with van der Waals surface area (Å²) in [5, 5.41) is 3.25. The summed E-state index contributed by atoms with van der Waals surface area (Å²) in [5.41, 5.74) is -0.620. The van der Waals surface area contributed by atoms with E-state index in [-0.39, 0.29) is 12.1 Å². The minimum Gasteiger partial charge on any atom is -0.468 e. The summed E-state index contributed by atoms with van der Waals surface area (Å²) >= 11 is 0. The molecule has 14 heavy (non-hydrogen) atoms. The normalized spacial score (nSPS) is 31.8. The number of carbonyl (C=O) groups excluding carboxylic acids is 1. The van der Waals surface area contributed by atoms with Crippen molar-refractivity contribution in [2.75, 3.05) is 20.3 Å². The van der Waals surface area contributed by atoms with E-state index in [0.29, 0.717) is 13.0 Å². The van der Waals surface area contributed by atoms with Gasteiger partial charge in [-0.25, -0.2) is 4.79 Å². The van der Waals surface area contributed by atoms with Crippen LogP contribution in [0.2, 0.25) is 0 Å². The van der Waals surface area contributed by atoms with Gasteiger partial charge in [0.25, 0.3) is 0 Å². The van der Waals surface area contributed by atoms with Gasteiger partial charge in [0.05, 0.1) is 13.2 Å². The first kappa shape index (κ1) is 11.5. The number of carbonyl (C=O) groups is 1. The van der Waals surface area contributed by atoms with Crippen molar-refractivity contribution in [3.8, 4) is 0 Å². The quantitative estimate of drug-likeness (QED) is 0.680. The van der Waals surface area contributed by atoms with E-state index in [4.69, 9.17) is 9.47 Å². The molecule has 4 nitrogen and oxygen atoms in total. The second-order valence-electron chi connectivity index (χ2n) is 3.65. The summed E-state index contributed by atoms with van der Waals surface area (Å²) in [6.45, 7) is 5.40. The largest absolute Gasteiger partial charge is 0.468 e. The van der Waals surface area contributed by atoms with Gasteiger partial charge in [0.1, 0.15) is 5.54 Å². The third-order valence-electron chi connectivity index (χ3n) is 2.80. The van der Waals surface area contributed by atoms with Crippen LogP contribution in [0.1, 0.15) is 26.7 Å². The lowest BCUT2D eigenvalue weighted by Crippen LogP contribution is -2.57. The Morgan fingerprint density at radius 3 is 2.86 bits per heavy atom. The molecule has 1 aliphatic rings. The van der Waals surface area contributed by atoms with Gasteiger partial charge in [-0.2, -0.15) is 0 Å². The van der Waals surface area contributed by atoms with Crippen LogP contribution in [0.4, 0.5) is 0 Å². The highest BCUT2D eigenvalue weighted by atomic mass is 16.5. The predicted molar refractivity (Wildman–Crippen MR) is 53.1 cm³/mol. The maximum Gasteiger partial charge on any atom is 0.328 e. The topological polar surface area (TPSA) is 47.6 Å². The van der Waals surface area contributed by atoms with Crippen molar-refractivity contribution >= 4 is 5.97 Å². The molecule has 0 bridgehead atoms. The maximum atomic E-state index is 11.7. The molecule has 1 N–H and O–H groups in total. The van der Waals surface area contributed by atoms with Crippen molar-refractivity contribution in [1.82, 2.24) is 5.32 Å². The molecule has 4 heteroatoms. The standard InChI is InChI=1S/C10H19NO3/c1-4-6-11-10(9(12)13-3)5-7-14-8(10)2/h8,11H,4-7H2,1-3H3. The van der Waals surface area contributed by atoms with Gasteiger partial charge in [-0.3, -0.25) is 5.32 Å². The zero-order chi connectivity index (χ0) is 10.6. The molecule has 0 spiro atoms. The molecule has 0 amide bonds. The zero-order valence-electron chi connectivity index (χ0n) is 9.13. The molecule has 1 heterocycles. The summed E-state index contributed by atoms with van der Waals surface area (Å²) in [6.07, 6.45) is 1.58. The fourth-order valence-corrected chi connectivity index (χ4v) is 1.84. The molecule has 1 saturated heterocycles. The van der Waals surface area contributed by atoms with Gasteiger partial charge in [0, 0.05) is 13.0 Å². The average Bonchev–Trinajstić information content (AvgIpc) is 2.57. The number of hydrogen-bond donors (Lipinski definition) is 1. The molecule has 82 valence electrons. The Labute approximate surface area is 85.0 Å². The lowest BCUT2D eigenvalue weighted by molar-refractivity contribution is -0.150. The Morgan fingerprint density at radius 2 is 2.43 bits per heavy atom. The number of rotatable bonds is 4. The van der Waals surface area contributed by atoms with Crippen LogP contribution in [0, 0.1) is 0 Å². The molecule has 1 fully saturated rings. The molecule has 2 atom stereocenters. The first-order valence-corrected chi connectivity index (χ1v) is 5.12. The zero-order valence-corrected chi connectivity index (χ0v) is 9.13. The predicted octanol–water partition coefficient (Wildman–Crippen LogP) is 0.707. The summed E-state index contributed by atoms with van der Waals surface area (Å²) < 4.78 is 10.2. The molecule has 0 aromatic carbocycles. The SMILES string of the molecule is CCCNC1(C(=O)OC)CCOC1C. The average molecular weight is 201 g/mol. The highest BCUT2D eigenvalue weighted by Gasteiger charge is 2.48.